The molecule has 3 heteroatoms. The predicted molar refractivity (Wildman–Crippen MR) is 105 cm³/mol. The summed E-state index contributed by atoms with van der Waals surface area (Å²) in [4.78, 5) is 0. The Morgan fingerprint density at radius 2 is 1.50 bits per heavy atom. The van der Waals surface area contributed by atoms with Gasteiger partial charge in [0, 0.05) is 16.1 Å². The van der Waals surface area contributed by atoms with Crippen molar-refractivity contribution < 1.29 is 5.11 Å². The van der Waals surface area contributed by atoms with Crippen molar-refractivity contribution in [3.05, 3.63) is 48.0 Å². The lowest BCUT2D eigenvalue weighted by molar-refractivity contribution is 0.165. The van der Waals surface area contributed by atoms with E-state index >= 15 is 0 Å². The Balaban J connectivity index is 2.62. The van der Waals surface area contributed by atoms with Crippen molar-refractivity contribution in [1.82, 2.24) is 0 Å². The molecule has 0 aliphatic carbocycles. The standard InChI is InChI=1S/C19H34OSi2/c1-16(19(21(2,3)4)22(5,6)7)15-18(20)14-13-17-11-9-8-10-12-17/h8-12,18-20H,1,13-15H2,2-7H3. The van der Waals surface area contributed by atoms with Crippen LogP contribution in [0.2, 0.25) is 44.4 Å². The molecule has 0 aliphatic heterocycles. The van der Waals surface area contributed by atoms with E-state index in [0.29, 0.717) is 5.16 Å². The fraction of sp³-hybridized carbons (Fsp3) is 0.579. The van der Waals surface area contributed by atoms with Crippen LogP contribution in [0.4, 0.5) is 0 Å². The molecular weight excluding hydrogens is 300 g/mol. The molecule has 1 atom stereocenters. The fourth-order valence-electron chi connectivity index (χ4n) is 4.02. The Morgan fingerprint density at radius 1 is 1.00 bits per heavy atom. The van der Waals surface area contributed by atoms with Crippen LogP contribution in [0.3, 0.4) is 0 Å². The summed E-state index contributed by atoms with van der Waals surface area (Å²) in [7, 11) is -2.58. The van der Waals surface area contributed by atoms with Gasteiger partial charge in [0.25, 0.3) is 0 Å². The molecule has 0 heterocycles. The first kappa shape index (κ1) is 19.4. The first-order valence-corrected chi connectivity index (χ1v) is 15.6. The summed E-state index contributed by atoms with van der Waals surface area (Å²) in [5.74, 6) is 0. The zero-order valence-electron chi connectivity index (χ0n) is 15.3. The SMILES string of the molecule is C=C(CC(O)CCc1ccccc1)C([Si](C)(C)C)[Si](C)(C)C. The lowest BCUT2D eigenvalue weighted by Gasteiger charge is -2.40. The van der Waals surface area contributed by atoms with Gasteiger partial charge in [-0.1, -0.05) is 75.2 Å². The zero-order chi connectivity index (χ0) is 17.0. The molecule has 1 aromatic rings. The summed E-state index contributed by atoms with van der Waals surface area (Å²) in [6, 6.07) is 10.4. The lowest BCUT2D eigenvalue weighted by atomic mass is 10.0. The molecule has 0 saturated carbocycles. The molecule has 0 fully saturated rings. The normalized spacial score (nSPS) is 14.2. The molecule has 1 aromatic carbocycles. The second-order valence-corrected chi connectivity index (χ2v) is 19.9. The first-order valence-electron chi connectivity index (χ1n) is 8.41. The topological polar surface area (TPSA) is 20.2 Å². The summed E-state index contributed by atoms with van der Waals surface area (Å²) in [6.45, 7) is 19.0. The highest BCUT2D eigenvalue weighted by molar-refractivity contribution is 6.97. The average molecular weight is 335 g/mol. The Hall–Kier alpha value is -0.646. The predicted octanol–water partition coefficient (Wildman–Crippen LogP) is 5.51. The minimum absolute atomic E-state index is 0.261. The van der Waals surface area contributed by atoms with Crippen molar-refractivity contribution in [2.24, 2.45) is 0 Å². The van der Waals surface area contributed by atoms with Gasteiger partial charge in [0.1, 0.15) is 0 Å². The van der Waals surface area contributed by atoms with Crippen LogP contribution in [0.1, 0.15) is 18.4 Å². The Bertz CT molecular complexity index is 454. The number of aliphatic hydroxyl groups excluding tert-OH is 1. The molecule has 0 spiro atoms. The van der Waals surface area contributed by atoms with Gasteiger partial charge in [-0.05, 0) is 30.0 Å². The van der Waals surface area contributed by atoms with Gasteiger partial charge >= 0.3 is 0 Å². The van der Waals surface area contributed by atoms with Gasteiger partial charge in [-0.2, -0.15) is 0 Å². The average Bonchev–Trinajstić information content (AvgIpc) is 2.33. The number of aliphatic hydroxyl groups is 1. The van der Waals surface area contributed by atoms with E-state index in [0.717, 1.165) is 19.3 Å². The maximum atomic E-state index is 10.4. The molecular formula is C19H34OSi2. The van der Waals surface area contributed by atoms with Crippen molar-refractivity contribution in [3.8, 4) is 0 Å². The minimum atomic E-state index is -1.29. The monoisotopic (exact) mass is 334 g/mol. The van der Waals surface area contributed by atoms with E-state index in [1.54, 1.807) is 0 Å². The molecule has 0 amide bonds. The molecule has 0 bridgehead atoms. The van der Waals surface area contributed by atoms with E-state index < -0.39 is 16.1 Å². The van der Waals surface area contributed by atoms with E-state index in [-0.39, 0.29) is 6.10 Å². The maximum Gasteiger partial charge on any atom is 0.0580 e. The zero-order valence-corrected chi connectivity index (χ0v) is 17.3. The summed E-state index contributed by atoms with van der Waals surface area (Å²) in [6.07, 6.45) is 2.28. The fourth-order valence-corrected chi connectivity index (χ4v) is 17.1. The van der Waals surface area contributed by atoms with Crippen molar-refractivity contribution in [2.75, 3.05) is 0 Å². The van der Waals surface area contributed by atoms with Gasteiger partial charge in [-0.15, -0.1) is 6.58 Å². The smallest absolute Gasteiger partial charge is 0.0580 e. The molecule has 0 saturated heterocycles. The van der Waals surface area contributed by atoms with Crippen molar-refractivity contribution >= 4 is 16.1 Å². The van der Waals surface area contributed by atoms with E-state index in [1.807, 2.05) is 6.07 Å². The summed E-state index contributed by atoms with van der Waals surface area (Å²) >= 11 is 0. The van der Waals surface area contributed by atoms with Gasteiger partial charge in [-0.3, -0.25) is 0 Å². The van der Waals surface area contributed by atoms with Gasteiger partial charge in [0.15, 0.2) is 0 Å². The second kappa shape index (κ2) is 7.76. The van der Waals surface area contributed by atoms with E-state index in [1.165, 1.54) is 11.1 Å². The quantitative estimate of drug-likeness (QED) is 0.491. The Kier molecular flexibility index (Phi) is 6.84. The Labute approximate surface area is 139 Å². The lowest BCUT2D eigenvalue weighted by Crippen LogP contribution is -2.45. The first-order chi connectivity index (χ1) is 10.0. The third-order valence-electron chi connectivity index (χ3n) is 4.25. The highest BCUT2D eigenvalue weighted by atomic mass is 28.4. The van der Waals surface area contributed by atoms with Crippen LogP contribution in [-0.4, -0.2) is 27.4 Å². The number of hydrogen-bond acceptors (Lipinski definition) is 1. The molecule has 1 unspecified atom stereocenters. The van der Waals surface area contributed by atoms with Crippen LogP contribution in [0.15, 0.2) is 42.5 Å². The summed E-state index contributed by atoms with van der Waals surface area (Å²) < 4.78 is 0. The van der Waals surface area contributed by atoms with Gasteiger partial charge in [0.05, 0.1) is 6.10 Å². The van der Waals surface area contributed by atoms with Crippen LogP contribution in [0.25, 0.3) is 0 Å². The van der Waals surface area contributed by atoms with Crippen molar-refractivity contribution in [1.29, 1.82) is 0 Å². The van der Waals surface area contributed by atoms with Crippen molar-refractivity contribution in [2.45, 2.75) is 69.8 Å². The number of benzene rings is 1. The minimum Gasteiger partial charge on any atom is -0.393 e. The van der Waals surface area contributed by atoms with E-state index in [4.69, 9.17) is 0 Å². The molecule has 124 valence electrons. The third-order valence-corrected chi connectivity index (χ3v) is 13.7. The van der Waals surface area contributed by atoms with Crippen LogP contribution in [-0.2, 0) is 6.42 Å². The highest BCUT2D eigenvalue weighted by Gasteiger charge is 2.39. The van der Waals surface area contributed by atoms with Crippen molar-refractivity contribution in [3.63, 3.8) is 0 Å². The van der Waals surface area contributed by atoms with Crippen LogP contribution < -0.4 is 0 Å². The van der Waals surface area contributed by atoms with Gasteiger partial charge in [0.2, 0.25) is 0 Å². The van der Waals surface area contributed by atoms with Crippen LogP contribution >= 0.6 is 0 Å². The second-order valence-electron chi connectivity index (χ2n) is 8.71. The third kappa shape index (κ3) is 6.23. The number of hydrogen-bond donors (Lipinski definition) is 1. The number of aryl methyl sites for hydroxylation is 1. The summed E-state index contributed by atoms with van der Waals surface area (Å²) in [5.41, 5.74) is 2.61. The van der Waals surface area contributed by atoms with Crippen LogP contribution in [0, 0.1) is 0 Å². The van der Waals surface area contributed by atoms with E-state index in [2.05, 4.69) is 70.1 Å². The molecule has 1 rings (SSSR count). The molecule has 0 aromatic heterocycles. The Morgan fingerprint density at radius 3 is 1.95 bits per heavy atom. The van der Waals surface area contributed by atoms with E-state index in [9.17, 15) is 5.11 Å². The molecule has 1 nitrogen and oxygen atoms in total. The van der Waals surface area contributed by atoms with Crippen LogP contribution in [0.5, 0.6) is 0 Å². The largest absolute Gasteiger partial charge is 0.393 e. The molecule has 22 heavy (non-hydrogen) atoms. The molecule has 0 radical (unpaired) electrons. The van der Waals surface area contributed by atoms with Gasteiger partial charge < -0.3 is 5.11 Å². The molecule has 0 aliphatic rings. The highest BCUT2D eigenvalue weighted by Crippen LogP contribution is 2.39. The molecule has 1 N–H and O–H groups in total. The van der Waals surface area contributed by atoms with Gasteiger partial charge in [-0.25, -0.2) is 0 Å². The maximum absolute atomic E-state index is 10.4. The summed E-state index contributed by atoms with van der Waals surface area (Å²) in [5, 5.41) is 11.1. The number of rotatable bonds is 8.